The molecule has 0 radical (unpaired) electrons. The van der Waals surface area contributed by atoms with Crippen molar-refractivity contribution in [1.82, 2.24) is 10.2 Å². The monoisotopic (exact) mass is 340 g/mol. The Hall–Kier alpha value is -2.83. The van der Waals surface area contributed by atoms with Gasteiger partial charge in [0.25, 0.3) is 5.91 Å². The Balaban J connectivity index is 1.44. The van der Waals surface area contributed by atoms with Crippen LogP contribution < -0.4 is 19.7 Å². The van der Waals surface area contributed by atoms with Crippen molar-refractivity contribution in [3.05, 3.63) is 36.0 Å². The van der Waals surface area contributed by atoms with Crippen LogP contribution in [0.3, 0.4) is 0 Å². The predicted octanol–water partition coefficient (Wildman–Crippen LogP) is 2.49. The van der Waals surface area contributed by atoms with E-state index in [2.05, 4.69) is 20.4 Å². The van der Waals surface area contributed by atoms with Crippen LogP contribution in [0.2, 0.25) is 0 Å². The summed E-state index contributed by atoms with van der Waals surface area (Å²) in [7, 11) is 0. The van der Waals surface area contributed by atoms with Gasteiger partial charge in [-0.1, -0.05) is 0 Å². The molecular weight excluding hydrogens is 320 g/mol. The summed E-state index contributed by atoms with van der Waals surface area (Å²) in [4.78, 5) is 14.6. The van der Waals surface area contributed by atoms with Gasteiger partial charge in [0.1, 0.15) is 13.2 Å². The van der Waals surface area contributed by atoms with Crippen molar-refractivity contribution in [3.63, 3.8) is 0 Å². The van der Waals surface area contributed by atoms with Gasteiger partial charge in [0.15, 0.2) is 23.0 Å². The van der Waals surface area contributed by atoms with Crippen LogP contribution >= 0.6 is 0 Å². The number of amides is 1. The number of ether oxygens (including phenoxy) is 2. The van der Waals surface area contributed by atoms with Crippen LogP contribution in [-0.2, 0) is 0 Å². The summed E-state index contributed by atoms with van der Waals surface area (Å²) in [6.45, 7) is 3.04. The first-order valence-electron chi connectivity index (χ1n) is 8.59. The van der Waals surface area contributed by atoms with Gasteiger partial charge in [0.05, 0.1) is 0 Å². The van der Waals surface area contributed by atoms with Gasteiger partial charge in [-0.05, 0) is 43.5 Å². The van der Waals surface area contributed by atoms with Crippen LogP contribution in [0.1, 0.15) is 29.8 Å². The van der Waals surface area contributed by atoms with E-state index in [1.165, 1.54) is 19.3 Å². The number of fused-ring (bicyclic) bond motifs is 1. The zero-order valence-corrected chi connectivity index (χ0v) is 13.9. The topological polar surface area (TPSA) is 76.6 Å². The molecule has 1 amide bonds. The Morgan fingerprint density at radius 3 is 2.52 bits per heavy atom. The fourth-order valence-electron chi connectivity index (χ4n) is 3.05. The molecule has 7 nitrogen and oxygen atoms in total. The number of anilines is 2. The number of hydrogen-bond acceptors (Lipinski definition) is 6. The number of carbonyl (C=O) groups excluding carboxylic acids is 1. The molecule has 25 heavy (non-hydrogen) atoms. The fraction of sp³-hybridized carbons (Fsp3) is 0.389. The van der Waals surface area contributed by atoms with Crippen LogP contribution in [-0.4, -0.2) is 42.4 Å². The summed E-state index contributed by atoms with van der Waals surface area (Å²) in [6.07, 6.45) is 3.61. The Labute approximate surface area is 146 Å². The predicted molar refractivity (Wildman–Crippen MR) is 93.5 cm³/mol. The SMILES string of the molecule is O=C(Nc1ccc2c(c1)OCCO2)c1ccc(N2CCCCC2)nn1. The molecule has 3 heterocycles. The third-order valence-corrected chi connectivity index (χ3v) is 4.36. The molecule has 2 aliphatic rings. The zero-order valence-electron chi connectivity index (χ0n) is 13.9. The summed E-state index contributed by atoms with van der Waals surface area (Å²) >= 11 is 0. The number of carbonyl (C=O) groups is 1. The van der Waals surface area contributed by atoms with E-state index in [4.69, 9.17) is 9.47 Å². The normalized spacial score (nSPS) is 16.4. The summed E-state index contributed by atoms with van der Waals surface area (Å²) in [6, 6.07) is 8.89. The highest BCUT2D eigenvalue weighted by Crippen LogP contribution is 2.32. The standard InChI is InChI=1S/C18H20N4O3/c23-18(19-13-4-6-15-16(12-13)25-11-10-24-15)14-5-7-17(21-20-14)22-8-2-1-3-9-22/h4-7,12H,1-3,8-11H2,(H,19,23). The number of aromatic nitrogens is 2. The first-order valence-corrected chi connectivity index (χ1v) is 8.59. The van der Waals surface area contributed by atoms with Gasteiger partial charge in [0, 0.05) is 24.8 Å². The molecule has 2 aromatic rings. The molecular formula is C18H20N4O3. The van der Waals surface area contributed by atoms with Crippen molar-refractivity contribution in [1.29, 1.82) is 0 Å². The second-order valence-electron chi connectivity index (χ2n) is 6.14. The first-order chi connectivity index (χ1) is 12.3. The summed E-state index contributed by atoms with van der Waals surface area (Å²) in [5.41, 5.74) is 0.923. The largest absolute Gasteiger partial charge is 0.486 e. The zero-order chi connectivity index (χ0) is 17.1. The molecule has 1 aromatic carbocycles. The second-order valence-corrected chi connectivity index (χ2v) is 6.14. The van der Waals surface area contributed by atoms with Gasteiger partial charge in [-0.25, -0.2) is 0 Å². The van der Waals surface area contributed by atoms with Crippen molar-refractivity contribution >= 4 is 17.4 Å². The molecule has 1 N–H and O–H groups in total. The van der Waals surface area contributed by atoms with E-state index >= 15 is 0 Å². The third-order valence-electron chi connectivity index (χ3n) is 4.36. The number of piperidine rings is 1. The second kappa shape index (κ2) is 6.96. The van der Waals surface area contributed by atoms with Crippen molar-refractivity contribution in [3.8, 4) is 11.5 Å². The number of rotatable bonds is 3. The van der Waals surface area contributed by atoms with Crippen LogP contribution in [0.4, 0.5) is 11.5 Å². The molecule has 0 atom stereocenters. The van der Waals surface area contributed by atoms with Crippen molar-refractivity contribution in [2.24, 2.45) is 0 Å². The lowest BCUT2D eigenvalue weighted by Gasteiger charge is -2.27. The van der Waals surface area contributed by atoms with Gasteiger partial charge < -0.3 is 19.7 Å². The van der Waals surface area contributed by atoms with Crippen molar-refractivity contribution in [2.75, 3.05) is 36.5 Å². The van der Waals surface area contributed by atoms with Crippen LogP contribution in [0, 0.1) is 0 Å². The van der Waals surface area contributed by atoms with Gasteiger partial charge >= 0.3 is 0 Å². The average molecular weight is 340 g/mol. The maximum Gasteiger partial charge on any atom is 0.276 e. The van der Waals surface area contributed by atoms with Crippen molar-refractivity contribution in [2.45, 2.75) is 19.3 Å². The Morgan fingerprint density at radius 2 is 1.76 bits per heavy atom. The molecule has 1 fully saturated rings. The van der Waals surface area contributed by atoms with E-state index in [9.17, 15) is 4.79 Å². The molecule has 0 bridgehead atoms. The molecule has 0 spiro atoms. The Kier molecular flexibility index (Phi) is 4.37. The minimum atomic E-state index is -0.297. The van der Waals surface area contributed by atoms with Gasteiger partial charge in [-0.2, -0.15) is 0 Å². The minimum absolute atomic E-state index is 0.288. The van der Waals surface area contributed by atoms with Gasteiger partial charge in [-0.3, -0.25) is 4.79 Å². The molecule has 0 saturated carbocycles. The molecule has 2 aliphatic heterocycles. The number of nitrogens with zero attached hydrogens (tertiary/aromatic N) is 3. The third kappa shape index (κ3) is 3.50. The van der Waals surface area contributed by atoms with E-state index in [1.807, 2.05) is 6.07 Å². The maximum atomic E-state index is 12.4. The molecule has 0 aliphatic carbocycles. The number of nitrogens with one attached hydrogen (secondary N) is 1. The number of benzene rings is 1. The van der Waals surface area contributed by atoms with E-state index < -0.39 is 0 Å². The Bertz CT molecular complexity index is 757. The van der Waals surface area contributed by atoms with Crippen LogP contribution in [0.5, 0.6) is 11.5 Å². The number of hydrogen-bond donors (Lipinski definition) is 1. The summed E-state index contributed by atoms with van der Waals surface area (Å²) < 4.78 is 11.0. The minimum Gasteiger partial charge on any atom is -0.486 e. The smallest absolute Gasteiger partial charge is 0.276 e. The first kappa shape index (κ1) is 15.7. The lowest BCUT2D eigenvalue weighted by atomic mass is 10.1. The Morgan fingerprint density at radius 1 is 0.960 bits per heavy atom. The molecule has 0 unspecified atom stereocenters. The fourth-order valence-corrected chi connectivity index (χ4v) is 3.05. The highest BCUT2D eigenvalue weighted by Gasteiger charge is 2.16. The average Bonchev–Trinajstić information content (AvgIpc) is 2.69. The van der Waals surface area contributed by atoms with E-state index in [1.54, 1.807) is 24.3 Å². The van der Waals surface area contributed by atoms with E-state index in [0.717, 1.165) is 18.9 Å². The van der Waals surface area contributed by atoms with Crippen LogP contribution in [0.15, 0.2) is 30.3 Å². The molecule has 1 saturated heterocycles. The maximum absolute atomic E-state index is 12.4. The van der Waals surface area contributed by atoms with Crippen molar-refractivity contribution < 1.29 is 14.3 Å². The molecule has 130 valence electrons. The molecule has 1 aromatic heterocycles. The molecule has 4 rings (SSSR count). The lowest BCUT2D eigenvalue weighted by Crippen LogP contribution is -2.30. The lowest BCUT2D eigenvalue weighted by molar-refractivity contribution is 0.102. The molecule has 7 heteroatoms. The van der Waals surface area contributed by atoms with Gasteiger partial charge in [-0.15, -0.1) is 10.2 Å². The van der Waals surface area contributed by atoms with Crippen LogP contribution in [0.25, 0.3) is 0 Å². The quantitative estimate of drug-likeness (QED) is 0.925. The summed E-state index contributed by atoms with van der Waals surface area (Å²) in [5, 5.41) is 11.1. The highest BCUT2D eigenvalue weighted by molar-refractivity contribution is 6.03. The highest BCUT2D eigenvalue weighted by atomic mass is 16.6. The summed E-state index contributed by atoms with van der Waals surface area (Å²) in [5.74, 6) is 1.86. The van der Waals surface area contributed by atoms with E-state index in [-0.39, 0.29) is 11.6 Å². The van der Waals surface area contributed by atoms with Gasteiger partial charge in [0.2, 0.25) is 0 Å². The van der Waals surface area contributed by atoms with E-state index in [0.29, 0.717) is 30.4 Å².